The predicted molar refractivity (Wildman–Crippen MR) is 134 cm³/mol. The number of benzene rings is 1. The number of nitrogens with zero attached hydrogens (tertiary/aromatic N) is 1. The fraction of sp³-hybridized carbons (Fsp3) is 0.500. The highest BCUT2D eigenvalue weighted by Crippen LogP contribution is 2.31. The third kappa shape index (κ3) is 9.86. The minimum Gasteiger partial charge on any atom is -0.468 e. The van der Waals surface area contributed by atoms with Gasteiger partial charge in [-0.2, -0.15) is 0 Å². The Hall–Kier alpha value is -4.53. The fourth-order valence-electron chi connectivity index (χ4n) is 3.93. The lowest BCUT2D eigenvalue weighted by Gasteiger charge is -2.47. The highest BCUT2D eigenvalue weighted by atomic mass is 16.7. The summed E-state index contributed by atoms with van der Waals surface area (Å²) in [6, 6.07) is 7.68. The smallest absolute Gasteiger partial charge is 0.325 e. The first kappa shape index (κ1) is 32.7. The highest BCUT2D eigenvalue weighted by Gasteiger charge is 2.55. The standard InChI is InChI=1S/C26H32N2O13/c1-14(29)37-13-19-22(38-15(2)30)23(39-16(3)31)24(40-17(4)32)26(41-19)28(12-20(33)27-11-21(34)36-5)25(35)18-9-7-6-8-10-18/h6-10,19,22-24,26H,11-13H2,1-5H3,(H,27,33)/t19-,22-,23+,24-,26-/m1/s1. The van der Waals surface area contributed by atoms with Crippen LogP contribution in [0.25, 0.3) is 0 Å². The van der Waals surface area contributed by atoms with Gasteiger partial charge in [0, 0.05) is 33.3 Å². The second-order valence-corrected chi connectivity index (χ2v) is 8.74. The van der Waals surface area contributed by atoms with Crippen molar-refractivity contribution in [2.45, 2.75) is 58.3 Å². The third-order valence-corrected chi connectivity index (χ3v) is 5.53. The zero-order valence-corrected chi connectivity index (χ0v) is 23.1. The van der Waals surface area contributed by atoms with Crippen molar-refractivity contribution in [3.05, 3.63) is 35.9 Å². The van der Waals surface area contributed by atoms with E-state index in [-0.39, 0.29) is 5.56 Å². The minimum absolute atomic E-state index is 0.0983. The largest absolute Gasteiger partial charge is 0.468 e. The number of nitrogens with one attached hydrogen (secondary N) is 1. The maximum Gasteiger partial charge on any atom is 0.325 e. The number of esters is 5. The molecule has 1 aliphatic heterocycles. The first-order valence-corrected chi connectivity index (χ1v) is 12.3. The number of amides is 2. The summed E-state index contributed by atoms with van der Waals surface area (Å²) in [5.41, 5.74) is 0.0983. The summed E-state index contributed by atoms with van der Waals surface area (Å²) in [5.74, 6) is -5.67. The van der Waals surface area contributed by atoms with Crippen LogP contribution in [0, 0.1) is 0 Å². The Balaban J connectivity index is 2.64. The molecule has 0 saturated carbocycles. The molecule has 15 nitrogen and oxygen atoms in total. The van der Waals surface area contributed by atoms with E-state index in [1.165, 1.54) is 12.1 Å². The van der Waals surface area contributed by atoms with E-state index >= 15 is 0 Å². The van der Waals surface area contributed by atoms with E-state index in [0.29, 0.717) is 0 Å². The molecule has 2 amide bonds. The van der Waals surface area contributed by atoms with Crippen LogP contribution in [0.5, 0.6) is 0 Å². The van der Waals surface area contributed by atoms with Crippen molar-refractivity contribution >= 4 is 41.7 Å². The molecule has 0 radical (unpaired) electrons. The minimum atomic E-state index is -1.65. The van der Waals surface area contributed by atoms with Crippen molar-refractivity contribution in [1.82, 2.24) is 10.2 Å². The third-order valence-electron chi connectivity index (χ3n) is 5.53. The molecule has 1 fully saturated rings. The van der Waals surface area contributed by atoms with Crippen LogP contribution in [-0.4, -0.2) is 104 Å². The van der Waals surface area contributed by atoms with Crippen molar-refractivity contribution < 1.29 is 62.0 Å². The summed E-state index contributed by atoms with van der Waals surface area (Å²) in [6.45, 7) is 2.49. The van der Waals surface area contributed by atoms with E-state index in [4.69, 9.17) is 23.7 Å². The predicted octanol–water partition coefficient (Wildman–Crippen LogP) is -0.499. The Morgan fingerprint density at radius 3 is 1.90 bits per heavy atom. The fourth-order valence-corrected chi connectivity index (χ4v) is 3.93. The van der Waals surface area contributed by atoms with Crippen LogP contribution in [0.4, 0.5) is 0 Å². The molecule has 0 bridgehead atoms. The molecular formula is C26H32N2O13. The van der Waals surface area contributed by atoms with Gasteiger partial charge < -0.3 is 33.7 Å². The monoisotopic (exact) mass is 580 g/mol. The van der Waals surface area contributed by atoms with Crippen LogP contribution in [0.1, 0.15) is 38.1 Å². The van der Waals surface area contributed by atoms with E-state index < -0.39 is 92.0 Å². The number of hydrogen-bond acceptors (Lipinski definition) is 13. The number of ether oxygens (including phenoxy) is 6. The zero-order valence-electron chi connectivity index (χ0n) is 23.1. The molecule has 1 aromatic rings. The maximum absolute atomic E-state index is 13.7. The molecule has 41 heavy (non-hydrogen) atoms. The van der Waals surface area contributed by atoms with Crippen molar-refractivity contribution in [3.8, 4) is 0 Å². The molecule has 1 N–H and O–H groups in total. The number of rotatable bonds is 11. The Morgan fingerprint density at radius 1 is 0.805 bits per heavy atom. The summed E-state index contributed by atoms with van der Waals surface area (Å²) in [6.07, 6.45) is -7.65. The van der Waals surface area contributed by atoms with Crippen LogP contribution < -0.4 is 5.32 Å². The number of methoxy groups -OCH3 is 1. The molecule has 0 spiro atoms. The molecule has 2 rings (SSSR count). The first-order valence-electron chi connectivity index (χ1n) is 12.3. The lowest BCUT2D eigenvalue weighted by Crippen LogP contribution is -2.67. The Bertz CT molecular complexity index is 1140. The molecule has 1 aliphatic rings. The molecule has 0 aliphatic carbocycles. The summed E-state index contributed by atoms with van der Waals surface area (Å²) in [5, 5.41) is 2.30. The number of carbonyl (C=O) groups is 7. The molecule has 0 aromatic heterocycles. The van der Waals surface area contributed by atoms with Crippen molar-refractivity contribution in [1.29, 1.82) is 0 Å². The van der Waals surface area contributed by atoms with E-state index in [9.17, 15) is 33.6 Å². The van der Waals surface area contributed by atoms with Gasteiger partial charge in [-0.1, -0.05) is 18.2 Å². The van der Waals surface area contributed by atoms with Crippen molar-refractivity contribution in [3.63, 3.8) is 0 Å². The van der Waals surface area contributed by atoms with Crippen molar-refractivity contribution in [2.75, 3.05) is 26.8 Å². The normalized spacial score (nSPS) is 21.4. The molecule has 0 unspecified atom stereocenters. The van der Waals surface area contributed by atoms with Gasteiger partial charge in [-0.15, -0.1) is 0 Å². The summed E-state index contributed by atoms with van der Waals surface area (Å²) in [7, 11) is 1.12. The van der Waals surface area contributed by atoms with Crippen LogP contribution in [-0.2, 0) is 57.2 Å². The van der Waals surface area contributed by atoms with Gasteiger partial charge in [0.25, 0.3) is 5.91 Å². The highest BCUT2D eigenvalue weighted by molar-refractivity contribution is 5.97. The van der Waals surface area contributed by atoms with Gasteiger partial charge in [-0.3, -0.25) is 38.5 Å². The van der Waals surface area contributed by atoms with E-state index in [2.05, 4.69) is 10.1 Å². The molecule has 15 heteroatoms. The van der Waals surface area contributed by atoms with E-state index in [1.54, 1.807) is 18.2 Å². The second kappa shape index (κ2) is 15.3. The topological polar surface area (TPSA) is 190 Å². The molecule has 1 saturated heterocycles. The molecule has 1 aromatic carbocycles. The molecular weight excluding hydrogens is 548 g/mol. The zero-order chi connectivity index (χ0) is 30.7. The SMILES string of the molecule is COC(=O)CNC(=O)CN(C(=O)c1ccccc1)[C@@H]1O[C@H](COC(C)=O)[C@@H](OC(C)=O)[C@H](OC(C)=O)[C@H]1OC(C)=O. The van der Waals surface area contributed by atoms with Crippen LogP contribution in [0.3, 0.4) is 0 Å². The maximum atomic E-state index is 13.7. The number of carbonyl (C=O) groups excluding carboxylic acids is 7. The quantitative estimate of drug-likeness (QED) is 0.261. The van der Waals surface area contributed by atoms with Crippen LogP contribution in [0.2, 0.25) is 0 Å². The summed E-state index contributed by atoms with van der Waals surface area (Å²) in [4.78, 5) is 86.9. The lowest BCUT2D eigenvalue weighted by atomic mass is 9.96. The van der Waals surface area contributed by atoms with Gasteiger partial charge in [-0.05, 0) is 12.1 Å². The second-order valence-electron chi connectivity index (χ2n) is 8.74. The number of hydrogen-bond donors (Lipinski definition) is 1. The van der Waals surface area contributed by atoms with Gasteiger partial charge in [0.05, 0.1) is 7.11 Å². The van der Waals surface area contributed by atoms with Crippen LogP contribution in [0.15, 0.2) is 30.3 Å². The first-order chi connectivity index (χ1) is 19.3. The average Bonchev–Trinajstić information content (AvgIpc) is 2.91. The Kier molecular flexibility index (Phi) is 12.2. The van der Waals surface area contributed by atoms with Gasteiger partial charge in [-0.25, -0.2) is 0 Å². The van der Waals surface area contributed by atoms with Crippen molar-refractivity contribution in [2.24, 2.45) is 0 Å². The Labute approximate surface area is 235 Å². The van der Waals surface area contributed by atoms with Gasteiger partial charge in [0.1, 0.15) is 25.8 Å². The van der Waals surface area contributed by atoms with Gasteiger partial charge in [0.2, 0.25) is 5.91 Å². The van der Waals surface area contributed by atoms with Gasteiger partial charge >= 0.3 is 29.8 Å². The molecule has 5 atom stereocenters. The summed E-state index contributed by atoms with van der Waals surface area (Å²) < 4.78 is 31.8. The Morgan fingerprint density at radius 2 is 1.37 bits per heavy atom. The van der Waals surface area contributed by atoms with Gasteiger partial charge in [0.15, 0.2) is 24.5 Å². The average molecular weight is 581 g/mol. The molecule has 224 valence electrons. The van der Waals surface area contributed by atoms with Crippen LogP contribution >= 0.6 is 0 Å². The van der Waals surface area contributed by atoms with E-state index in [0.717, 1.165) is 39.7 Å². The van der Waals surface area contributed by atoms with E-state index in [1.807, 2.05) is 0 Å². The lowest BCUT2D eigenvalue weighted by molar-refractivity contribution is -0.272. The summed E-state index contributed by atoms with van der Waals surface area (Å²) >= 11 is 0. The molecule has 1 heterocycles.